The summed E-state index contributed by atoms with van der Waals surface area (Å²) in [5, 5.41) is 9.29. The molecule has 0 aliphatic heterocycles. The van der Waals surface area contributed by atoms with Gasteiger partial charge in [0, 0.05) is 0 Å². The van der Waals surface area contributed by atoms with Crippen molar-refractivity contribution >= 4 is 0 Å². The molecule has 1 N–H and O–H groups in total. The minimum absolute atomic E-state index is 0.276. The Balaban J connectivity index is 3.01. The van der Waals surface area contributed by atoms with Gasteiger partial charge in [0.15, 0.2) is 0 Å². The Labute approximate surface area is 80.2 Å². The number of hydrogen-bond acceptors (Lipinski definition) is 1. The SMILES string of the molecule is CCCc1ccc(C(F)(F)F)cc1O. The Morgan fingerprint density at radius 2 is 1.93 bits per heavy atom. The lowest BCUT2D eigenvalue weighted by atomic mass is 10.1. The highest BCUT2D eigenvalue weighted by atomic mass is 19.4. The number of alkyl halides is 3. The molecular formula is C10H11F3O. The molecule has 0 saturated carbocycles. The summed E-state index contributed by atoms with van der Waals surface area (Å²) in [7, 11) is 0. The maximum atomic E-state index is 12.2. The van der Waals surface area contributed by atoms with E-state index in [4.69, 9.17) is 0 Å². The molecule has 0 heterocycles. The van der Waals surface area contributed by atoms with E-state index < -0.39 is 11.7 Å². The molecule has 78 valence electrons. The molecule has 14 heavy (non-hydrogen) atoms. The van der Waals surface area contributed by atoms with Gasteiger partial charge in [0.25, 0.3) is 0 Å². The first-order chi connectivity index (χ1) is 6.45. The van der Waals surface area contributed by atoms with E-state index in [1.165, 1.54) is 6.07 Å². The second-order valence-electron chi connectivity index (χ2n) is 3.09. The summed E-state index contributed by atoms with van der Waals surface area (Å²) in [4.78, 5) is 0. The number of hydrogen-bond donors (Lipinski definition) is 1. The predicted molar refractivity (Wildman–Crippen MR) is 47.1 cm³/mol. The van der Waals surface area contributed by atoms with Gasteiger partial charge in [-0.3, -0.25) is 0 Å². The zero-order chi connectivity index (χ0) is 10.8. The van der Waals surface area contributed by atoms with Gasteiger partial charge in [0.1, 0.15) is 5.75 Å². The van der Waals surface area contributed by atoms with E-state index in [1.54, 1.807) is 0 Å². The van der Waals surface area contributed by atoms with Crippen molar-refractivity contribution in [1.82, 2.24) is 0 Å². The summed E-state index contributed by atoms with van der Waals surface area (Å²) >= 11 is 0. The first-order valence-corrected chi connectivity index (χ1v) is 4.34. The molecule has 0 saturated heterocycles. The van der Waals surface area contributed by atoms with Crippen LogP contribution in [-0.2, 0) is 12.6 Å². The molecule has 1 aromatic carbocycles. The molecule has 0 atom stereocenters. The van der Waals surface area contributed by atoms with E-state index in [-0.39, 0.29) is 5.75 Å². The number of benzene rings is 1. The van der Waals surface area contributed by atoms with E-state index in [1.807, 2.05) is 6.92 Å². The van der Waals surface area contributed by atoms with Gasteiger partial charge in [-0.25, -0.2) is 0 Å². The van der Waals surface area contributed by atoms with Gasteiger partial charge in [-0.1, -0.05) is 19.4 Å². The van der Waals surface area contributed by atoms with Crippen LogP contribution in [0.3, 0.4) is 0 Å². The van der Waals surface area contributed by atoms with E-state index in [9.17, 15) is 18.3 Å². The monoisotopic (exact) mass is 204 g/mol. The minimum Gasteiger partial charge on any atom is -0.508 e. The van der Waals surface area contributed by atoms with Crippen molar-refractivity contribution in [3.63, 3.8) is 0 Å². The highest BCUT2D eigenvalue weighted by Crippen LogP contribution is 2.32. The fraction of sp³-hybridized carbons (Fsp3) is 0.400. The maximum Gasteiger partial charge on any atom is 0.416 e. The lowest BCUT2D eigenvalue weighted by Gasteiger charge is -2.09. The molecule has 1 nitrogen and oxygen atoms in total. The van der Waals surface area contributed by atoms with Crippen LogP contribution < -0.4 is 0 Å². The van der Waals surface area contributed by atoms with Crippen LogP contribution in [0, 0.1) is 0 Å². The summed E-state index contributed by atoms with van der Waals surface area (Å²) in [6.07, 6.45) is -3.01. The van der Waals surface area contributed by atoms with Crippen LogP contribution in [0.1, 0.15) is 24.5 Å². The Bertz CT molecular complexity index is 318. The normalized spacial score (nSPS) is 11.7. The molecule has 0 spiro atoms. The topological polar surface area (TPSA) is 20.2 Å². The third-order valence-electron chi connectivity index (χ3n) is 1.93. The maximum absolute atomic E-state index is 12.2. The van der Waals surface area contributed by atoms with Gasteiger partial charge in [0.2, 0.25) is 0 Å². The second-order valence-corrected chi connectivity index (χ2v) is 3.09. The van der Waals surface area contributed by atoms with Crippen LogP contribution in [0.2, 0.25) is 0 Å². The number of phenolic OH excluding ortho intramolecular Hbond substituents is 1. The van der Waals surface area contributed by atoms with Crippen molar-refractivity contribution in [3.05, 3.63) is 29.3 Å². The largest absolute Gasteiger partial charge is 0.508 e. The van der Waals surface area contributed by atoms with Gasteiger partial charge in [-0.2, -0.15) is 13.2 Å². The third-order valence-corrected chi connectivity index (χ3v) is 1.93. The van der Waals surface area contributed by atoms with Crippen LogP contribution >= 0.6 is 0 Å². The van der Waals surface area contributed by atoms with Crippen LogP contribution in [0.4, 0.5) is 13.2 Å². The average molecular weight is 204 g/mol. The zero-order valence-electron chi connectivity index (χ0n) is 7.73. The summed E-state index contributed by atoms with van der Waals surface area (Å²) in [5.41, 5.74) is -0.254. The number of aromatic hydroxyl groups is 1. The molecule has 0 bridgehead atoms. The fourth-order valence-corrected chi connectivity index (χ4v) is 1.22. The number of aryl methyl sites for hydroxylation is 1. The molecule has 0 unspecified atom stereocenters. The molecule has 0 aliphatic carbocycles. The summed E-state index contributed by atoms with van der Waals surface area (Å²) in [6.45, 7) is 1.90. The molecule has 0 amide bonds. The number of rotatable bonds is 2. The van der Waals surface area contributed by atoms with Crippen molar-refractivity contribution in [3.8, 4) is 5.75 Å². The van der Waals surface area contributed by atoms with Gasteiger partial charge < -0.3 is 5.11 Å². The van der Waals surface area contributed by atoms with Crippen molar-refractivity contribution in [2.24, 2.45) is 0 Å². The Morgan fingerprint density at radius 1 is 1.29 bits per heavy atom. The minimum atomic E-state index is -4.39. The average Bonchev–Trinajstić information content (AvgIpc) is 2.07. The van der Waals surface area contributed by atoms with Crippen LogP contribution in [0.25, 0.3) is 0 Å². The number of halogens is 3. The smallest absolute Gasteiger partial charge is 0.416 e. The summed E-state index contributed by atoms with van der Waals surface area (Å²) in [5.74, 6) is -0.276. The lowest BCUT2D eigenvalue weighted by molar-refractivity contribution is -0.137. The molecular weight excluding hydrogens is 193 g/mol. The molecule has 0 radical (unpaired) electrons. The fourth-order valence-electron chi connectivity index (χ4n) is 1.22. The highest BCUT2D eigenvalue weighted by molar-refractivity contribution is 5.37. The van der Waals surface area contributed by atoms with E-state index in [0.29, 0.717) is 12.0 Å². The molecule has 1 aromatic rings. The van der Waals surface area contributed by atoms with Gasteiger partial charge >= 0.3 is 6.18 Å². The van der Waals surface area contributed by atoms with E-state index in [2.05, 4.69) is 0 Å². The first kappa shape index (κ1) is 10.9. The van der Waals surface area contributed by atoms with Crippen molar-refractivity contribution in [2.75, 3.05) is 0 Å². The van der Waals surface area contributed by atoms with Crippen LogP contribution in [0.5, 0.6) is 5.75 Å². The highest BCUT2D eigenvalue weighted by Gasteiger charge is 2.30. The van der Waals surface area contributed by atoms with Gasteiger partial charge in [-0.05, 0) is 24.1 Å². The quantitative estimate of drug-likeness (QED) is 0.783. The van der Waals surface area contributed by atoms with E-state index >= 15 is 0 Å². The van der Waals surface area contributed by atoms with Crippen molar-refractivity contribution < 1.29 is 18.3 Å². The standard InChI is InChI=1S/C10H11F3O/c1-2-3-7-4-5-8(6-9(7)14)10(11,12)13/h4-6,14H,2-3H2,1H3. The molecule has 0 aliphatic rings. The van der Waals surface area contributed by atoms with Gasteiger partial charge in [-0.15, -0.1) is 0 Å². The number of phenols is 1. The van der Waals surface area contributed by atoms with Gasteiger partial charge in [0.05, 0.1) is 5.56 Å². The lowest BCUT2D eigenvalue weighted by Crippen LogP contribution is -2.04. The first-order valence-electron chi connectivity index (χ1n) is 4.34. The van der Waals surface area contributed by atoms with Crippen LogP contribution in [-0.4, -0.2) is 5.11 Å². The van der Waals surface area contributed by atoms with Crippen molar-refractivity contribution in [1.29, 1.82) is 0 Å². The molecule has 0 fully saturated rings. The second kappa shape index (κ2) is 3.90. The predicted octanol–water partition coefficient (Wildman–Crippen LogP) is 3.36. The third kappa shape index (κ3) is 2.40. The Hall–Kier alpha value is -1.19. The van der Waals surface area contributed by atoms with Crippen LogP contribution in [0.15, 0.2) is 18.2 Å². The molecule has 0 aromatic heterocycles. The Kier molecular flexibility index (Phi) is 3.03. The van der Waals surface area contributed by atoms with Crippen molar-refractivity contribution in [2.45, 2.75) is 25.9 Å². The zero-order valence-corrected chi connectivity index (χ0v) is 7.73. The van der Waals surface area contributed by atoms with E-state index in [0.717, 1.165) is 18.6 Å². The Morgan fingerprint density at radius 3 is 2.36 bits per heavy atom. The summed E-state index contributed by atoms with van der Waals surface area (Å²) < 4.78 is 36.5. The molecule has 1 rings (SSSR count). The molecule has 4 heteroatoms. The summed E-state index contributed by atoms with van der Waals surface area (Å²) in [6, 6.07) is 3.08.